The SMILES string of the molecule is C/C(=C\c1ccc2cccnc2c1)C(=O)Nc1ccccc1C(=O)O. The molecule has 124 valence electrons. The van der Waals surface area contributed by atoms with Crippen molar-refractivity contribution in [3.63, 3.8) is 0 Å². The molecule has 3 aromatic rings. The highest BCUT2D eigenvalue weighted by Gasteiger charge is 2.12. The van der Waals surface area contributed by atoms with Gasteiger partial charge in [0.15, 0.2) is 0 Å². The summed E-state index contributed by atoms with van der Waals surface area (Å²) in [6.07, 6.45) is 3.46. The van der Waals surface area contributed by atoms with Gasteiger partial charge in [-0.05, 0) is 42.8 Å². The first kappa shape index (κ1) is 16.4. The summed E-state index contributed by atoms with van der Waals surface area (Å²) >= 11 is 0. The molecule has 1 amide bonds. The Labute approximate surface area is 144 Å². The van der Waals surface area contributed by atoms with E-state index in [4.69, 9.17) is 0 Å². The predicted molar refractivity (Wildman–Crippen MR) is 97.4 cm³/mol. The topological polar surface area (TPSA) is 79.3 Å². The highest BCUT2D eigenvalue weighted by molar-refractivity contribution is 6.09. The molecule has 5 nitrogen and oxygen atoms in total. The number of carboxylic acid groups (broad SMARTS) is 1. The number of aromatic carboxylic acids is 1. The number of pyridine rings is 1. The lowest BCUT2D eigenvalue weighted by molar-refractivity contribution is -0.112. The van der Waals surface area contributed by atoms with Gasteiger partial charge in [-0.15, -0.1) is 0 Å². The number of carbonyl (C=O) groups is 2. The number of amides is 1. The fraction of sp³-hybridized carbons (Fsp3) is 0.0500. The number of para-hydroxylation sites is 1. The van der Waals surface area contributed by atoms with Crippen molar-refractivity contribution in [3.8, 4) is 0 Å². The van der Waals surface area contributed by atoms with Crippen LogP contribution in [0.15, 0.2) is 66.4 Å². The van der Waals surface area contributed by atoms with Gasteiger partial charge in [0.1, 0.15) is 0 Å². The van der Waals surface area contributed by atoms with Crippen LogP contribution in [0.5, 0.6) is 0 Å². The van der Waals surface area contributed by atoms with Crippen molar-refractivity contribution in [2.45, 2.75) is 6.92 Å². The molecule has 0 aliphatic carbocycles. The van der Waals surface area contributed by atoms with E-state index < -0.39 is 5.97 Å². The van der Waals surface area contributed by atoms with Crippen LogP contribution in [0.2, 0.25) is 0 Å². The number of carboxylic acids is 1. The Morgan fingerprint density at radius 1 is 1.08 bits per heavy atom. The molecule has 0 saturated carbocycles. The molecule has 0 aliphatic rings. The van der Waals surface area contributed by atoms with Gasteiger partial charge < -0.3 is 10.4 Å². The number of carbonyl (C=O) groups excluding carboxylic acids is 1. The molecule has 0 bridgehead atoms. The number of benzene rings is 2. The quantitative estimate of drug-likeness (QED) is 0.708. The largest absolute Gasteiger partial charge is 0.478 e. The lowest BCUT2D eigenvalue weighted by Gasteiger charge is -2.08. The zero-order valence-corrected chi connectivity index (χ0v) is 13.6. The number of rotatable bonds is 4. The molecule has 0 aliphatic heterocycles. The van der Waals surface area contributed by atoms with Gasteiger partial charge in [-0.3, -0.25) is 9.78 Å². The van der Waals surface area contributed by atoms with Gasteiger partial charge in [-0.1, -0.05) is 30.3 Å². The Morgan fingerprint density at radius 2 is 1.88 bits per heavy atom. The van der Waals surface area contributed by atoms with E-state index in [0.29, 0.717) is 5.57 Å². The van der Waals surface area contributed by atoms with E-state index in [1.54, 1.807) is 37.4 Å². The molecule has 0 saturated heterocycles. The molecular formula is C20H16N2O3. The first-order chi connectivity index (χ1) is 12.0. The minimum absolute atomic E-state index is 0.0542. The number of anilines is 1. The van der Waals surface area contributed by atoms with Crippen LogP contribution in [-0.2, 0) is 4.79 Å². The van der Waals surface area contributed by atoms with Crippen LogP contribution in [0.25, 0.3) is 17.0 Å². The second-order valence-corrected chi connectivity index (χ2v) is 5.59. The van der Waals surface area contributed by atoms with Crippen molar-refractivity contribution in [1.82, 2.24) is 4.98 Å². The average molecular weight is 332 g/mol. The Kier molecular flexibility index (Phi) is 4.57. The van der Waals surface area contributed by atoms with Gasteiger partial charge in [0.05, 0.1) is 16.8 Å². The third-order valence-electron chi connectivity index (χ3n) is 3.78. The minimum atomic E-state index is -1.09. The van der Waals surface area contributed by atoms with E-state index in [1.165, 1.54) is 6.07 Å². The Morgan fingerprint density at radius 3 is 2.68 bits per heavy atom. The molecule has 0 fully saturated rings. The summed E-state index contributed by atoms with van der Waals surface area (Å²) in [7, 11) is 0. The lowest BCUT2D eigenvalue weighted by Crippen LogP contribution is -2.15. The van der Waals surface area contributed by atoms with Crippen LogP contribution in [-0.4, -0.2) is 22.0 Å². The second-order valence-electron chi connectivity index (χ2n) is 5.59. The highest BCUT2D eigenvalue weighted by atomic mass is 16.4. The Hall–Kier alpha value is -3.47. The number of hydrogen-bond acceptors (Lipinski definition) is 3. The van der Waals surface area contributed by atoms with Crippen LogP contribution < -0.4 is 5.32 Å². The van der Waals surface area contributed by atoms with E-state index in [0.717, 1.165) is 16.5 Å². The molecule has 0 atom stereocenters. The maximum atomic E-state index is 12.4. The number of hydrogen-bond donors (Lipinski definition) is 2. The summed E-state index contributed by atoms with van der Waals surface area (Å²) < 4.78 is 0. The van der Waals surface area contributed by atoms with Crippen molar-refractivity contribution >= 4 is 34.5 Å². The van der Waals surface area contributed by atoms with Crippen LogP contribution >= 0.6 is 0 Å². The third-order valence-corrected chi connectivity index (χ3v) is 3.78. The maximum Gasteiger partial charge on any atom is 0.337 e. The first-order valence-corrected chi connectivity index (χ1v) is 7.71. The van der Waals surface area contributed by atoms with Gasteiger partial charge in [0.2, 0.25) is 0 Å². The zero-order valence-electron chi connectivity index (χ0n) is 13.6. The van der Waals surface area contributed by atoms with Crippen LogP contribution in [0.4, 0.5) is 5.69 Å². The smallest absolute Gasteiger partial charge is 0.337 e. The van der Waals surface area contributed by atoms with Gasteiger partial charge in [0, 0.05) is 17.2 Å². The fourth-order valence-electron chi connectivity index (χ4n) is 2.49. The number of fused-ring (bicyclic) bond motifs is 1. The average Bonchev–Trinajstić information content (AvgIpc) is 2.61. The standard InChI is InChI=1S/C20H16N2O3/c1-13(11-14-8-9-15-5-4-10-21-18(15)12-14)19(23)22-17-7-3-2-6-16(17)20(24)25/h2-12H,1H3,(H,22,23)(H,24,25)/b13-11+. The molecule has 25 heavy (non-hydrogen) atoms. The van der Waals surface area contributed by atoms with Crippen molar-refractivity contribution in [2.75, 3.05) is 5.32 Å². The fourth-order valence-corrected chi connectivity index (χ4v) is 2.49. The zero-order chi connectivity index (χ0) is 17.8. The third kappa shape index (κ3) is 3.72. The van der Waals surface area contributed by atoms with E-state index in [2.05, 4.69) is 10.3 Å². The summed E-state index contributed by atoms with van der Waals surface area (Å²) in [5, 5.41) is 12.9. The van der Waals surface area contributed by atoms with E-state index in [9.17, 15) is 14.7 Å². The van der Waals surface area contributed by atoms with Gasteiger partial charge >= 0.3 is 5.97 Å². The van der Waals surface area contributed by atoms with E-state index in [1.807, 2.05) is 30.3 Å². The summed E-state index contributed by atoms with van der Waals surface area (Å²) in [5.74, 6) is -1.44. The van der Waals surface area contributed by atoms with E-state index in [-0.39, 0.29) is 17.2 Å². The van der Waals surface area contributed by atoms with Crippen molar-refractivity contribution in [2.24, 2.45) is 0 Å². The molecule has 0 spiro atoms. The summed E-state index contributed by atoms with van der Waals surface area (Å²) in [5.41, 5.74) is 2.49. The molecule has 1 aromatic heterocycles. The van der Waals surface area contributed by atoms with Crippen molar-refractivity contribution in [1.29, 1.82) is 0 Å². The second kappa shape index (κ2) is 6.97. The molecule has 3 rings (SSSR count). The van der Waals surface area contributed by atoms with Gasteiger partial charge in [0.25, 0.3) is 5.91 Å². The molecule has 0 radical (unpaired) electrons. The minimum Gasteiger partial charge on any atom is -0.478 e. The van der Waals surface area contributed by atoms with Crippen molar-refractivity contribution in [3.05, 3.63) is 77.5 Å². The predicted octanol–water partition coefficient (Wildman–Crippen LogP) is 3.98. The van der Waals surface area contributed by atoms with Crippen LogP contribution in [0.1, 0.15) is 22.8 Å². The lowest BCUT2D eigenvalue weighted by atomic mass is 10.1. The van der Waals surface area contributed by atoms with Gasteiger partial charge in [-0.25, -0.2) is 4.79 Å². The van der Waals surface area contributed by atoms with E-state index >= 15 is 0 Å². The molecule has 2 aromatic carbocycles. The molecule has 1 heterocycles. The number of nitrogens with one attached hydrogen (secondary N) is 1. The first-order valence-electron chi connectivity index (χ1n) is 7.71. The highest BCUT2D eigenvalue weighted by Crippen LogP contribution is 2.18. The maximum absolute atomic E-state index is 12.4. The molecular weight excluding hydrogens is 316 g/mol. The Bertz CT molecular complexity index is 993. The number of aromatic nitrogens is 1. The number of nitrogens with zero attached hydrogens (tertiary/aromatic N) is 1. The molecule has 5 heteroatoms. The molecule has 2 N–H and O–H groups in total. The van der Waals surface area contributed by atoms with Crippen LogP contribution in [0.3, 0.4) is 0 Å². The summed E-state index contributed by atoms with van der Waals surface area (Å²) in [6, 6.07) is 15.9. The van der Waals surface area contributed by atoms with Crippen LogP contribution in [0, 0.1) is 0 Å². The monoisotopic (exact) mass is 332 g/mol. The Balaban J connectivity index is 1.84. The molecule has 0 unspecified atom stereocenters. The summed E-state index contributed by atoms with van der Waals surface area (Å²) in [4.78, 5) is 27.9. The normalized spacial score (nSPS) is 11.3. The summed E-state index contributed by atoms with van der Waals surface area (Å²) in [6.45, 7) is 1.68. The van der Waals surface area contributed by atoms with Gasteiger partial charge in [-0.2, -0.15) is 0 Å². The van der Waals surface area contributed by atoms with Crippen molar-refractivity contribution < 1.29 is 14.7 Å².